The van der Waals surface area contributed by atoms with E-state index in [4.69, 9.17) is 14.7 Å². The Morgan fingerprint density at radius 2 is 1.87 bits per heavy atom. The maximum Gasteiger partial charge on any atom is 0.265 e. The van der Waals surface area contributed by atoms with Crippen LogP contribution in [0.1, 0.15) is 18.1 Å². The largest absolute Gasteiger partial charge is 0.493 e. The molecular weight excluding hydrogens is 292 g/mol. The lowest BCUT2D eigenvalue weighted by Gasteiger charge is -2.17. The molecule has 1 N–H and O–H groups in total. The molecule has 5 heteroatoms. The molecule has 23 heavy (non-hydrogen) atoms. The molecule has 0 aliphatic rings. The lowest BCUT2D eigenvalue weighted by Crippen LogP contribution is -2.30. The maximum absolute atomic E-state index is 12.2. The Balaban J connectivity index is 2.06. The summed E-state index contributed by atoms with van der Waals surface area (Å²) in [6.45, 7) is 3.63. The fourth-order valence-electron chi connectivity index (χ4n) is 1.96. The van der Waals surface area contributed by atoms with Gasteiger partial charge in [0.2, 0.25) is 0 Å². The number of carbonyl (C=O) groups excluding carboxylic acids is 1. The summed E-state index contributed by atoms with van der Waals surface area (Å²) < 4.78 is 10.8. The molecule has 5 nitrogen and oxygen atoms in total. The van der Waals surface area contributed by atoms with Crippen LogP contribution in [0.4, 0.5) is 5.69 Å². The van der Waals surface area contributed by atoms with Crippen molar-refractivity contribution in [2.45, 2.75) is 20.0 Å². The smallest absolute Gasteiger partial charge is 0.265 e. The van der Waals surface area contributed by atoms with Crippen molar-refractivity contribution in [1.29, 1.82) is 5.26 Å². The van der Waals surface area contributed by atoms with E-state index in [1.807, 2.05) is 37.3 Å². The zero-order valence-electron chi connectivity index (χ0n) is 13.3. The lowest BCUT2D eigenvalue weighted by atomic mass is 10.2. The standard InChI is InChI=1S/C18H18N2O3/c1-12-4-7-15(8-5-12)20-18(21)13(2)23-16-9-6-14(11-19)10-17(16)22-3/h4-10,13H,1-3H3,(H,20,21)/t13-/m0/s1. The number of hydrogen-bond acceptors (Lipinski definition) is 4. The SMILES string of the molecule is COc1cc(C#N)ccc1O[C@@H](C)C(=O)Nc1ccc(C)cc1. The quantitative estimate of drug-likeness (QED) is 0.920. The Bertz CT molecular complexity index is 733. The van der Waals surface area contributed by atoms with Gasteiger partial charge in [0.1, 0.15) is 0 Å². The first-order valence-electron chi connectivity index (χ1n) is 7.16. The number of methoxy groups -OCH3 is 1. The van der Waals surface area contributed by atoms with Crippen LogP contribution in [0.3, 0.4) is 0 Å². The molecule has 0 radical (unpaired) electrons. The Labute approximate surface area is 135 Å². The fourth-order valence-corrected chi connectivity index (χ4v) is 1.96. The van der Waals surface area contributed by atoms with Gasteiger partial charge in [0.15, 0.2) is 17.6 Å². The molecule has 2 rings (SSSR count). The van der Waals surface area contributed by atoms with E-state index in [0.29, 0.717) is 22.7 Å². The molecule has 0 spiro atoms. The van der Waals surface area contributed by atoms with Crippen molar-refractivity contribution in [3.05, 3.63) is 53.6 Å². The molecule has 0 unspecified atom stereocenters. The summed E-state index contributed by atoms with van der Waals surface area (Å²) in [5.41, 5.74) is 2.29. The average molecular weight is 310 g/mol. The van der Waals surface area contributed by atoms with Crippen LogP contribution in [-0.2, 0) is 4.79 Å². The molecule has 2 aromatic rings. The van der Waals surface area contributed by atoms with E-state index in [-0.39, 0.29) is 5.91 Å². The third-order valence-corrected chi connectivity index (χ3v) is 3.28. The normalized spacial score (nSPS) is 11.2. The van der Waals surface area contributed by atoms with Gasteiger partial charge in [-0.2, -0.15) is 5.26 Å². The summed E-state index contributed by atoms with van der Waals surface area (Å²) in [7, 11) is 1.49. The van der Waals surface area contributed by atoms with Crippen molar-refractivity contribution in [2.75, 3.05) is 12.4 Å². The molecule has 1 amide bonds. The summed E-state index contributed by atoms with van der Waals surface area (Å²) in [6.07, 6.45) is -0.710. The van der Waals surface area contributed by atoms with Crippen molar-refractivity contribution in [2.24, 2.45) is 0 Å². The number of amides is 1. The average Bonchev–Trinajstić information content (AvgIpc) is 2.57. The van der Waals surface area contributed by atoms with Gasteiger partial charge in [-0.15, -0.1) is 0 Å². The predicted octanol–water partition coefficient (Wildman–Crippen LogP) is 3.28. The minimum atomic E-state index is -0.710. The molecule has 0 aliphatic carbocycles. The van der Waals surface area contributed by atoms with Gasteiger partial charge in [0, 0.05) is 11.8 Å². The van der Waals surface area contributed by atoms with Crippen LogP contribution in [0.2, 0.25) is 0 Å². The molecule has 0 bridgehead atoms. The monoisotopic (exact) mass is 310 g/mol. The van der Waals surface area contributed by atoms with Gasteiger partial charge in [-0.1, -0.05) is 17.7 Å². The van der Waals surface area contributed by atoms with Gasteiger partial charge in [-0.3, -0.25) is 4.79 Å². The van der Waals surface area contributed by atoms with E-state index in [1.165, 1.54) is 7.11 Å². The molecule has 0 aromatic heterocycles. The fraction of sp³-hybridized carbons (Fsp3) is 0.222. The highest BCUT2D eigenvalue weighted by atomic mass is 16.5. The molecule has 0 saturated heterocycles. The van der Waals surface area contributed by atoms with Crippen LogP contribution in [0.15, 0.2) is 42.5 Å². The lowest BCUT2D eigenvalue weighted by molar-refractivity contribution is -0.122. The van der Waals surface area contributed by atoms with Crippen LogP contribution in [0.5, 0.6) is 11.5 Å². The Hall–Kier alpha value is -3.00. The second-order valence-electron chi connectivity index (χ2n) is 5.09. The third-order valence-electron chi connectivity index (χ3n) is 3.28. The van der Waals surface area contributed by atoms with E-state index in [2.05, 4.69) is 5.32 Å². The number of hydrogen-bond donors (Lipinski definition) is 1. The summed E-state index contributed by atoms with van der Waals surface area (Å²) >= 11 is 0. The highest BCUT2D eigenvalue weighted by Crippen LogP contribution is 2.28. The van der Waals surface area contributed by atoms with Gasteiger partial charge >= 0.3 is 0 Å². The van der Waals surface area contributed by atoms with Gasteiger partial charge in [-0.05, 0) is 38.1 Å². The van der Waals surface area contributed by atoms with Crippen molar-refractivity contribution in [3.63, 3.8) is 0 Å². The number of benzene rings is 2. The highest BCUT2D eigenvalue weighted by molar-refractivity contribution is 5.94. The van der Waals surface area contributed by atoms with Crippen LogP contribution in [-0.4, -0.2) is 19.1 Å². The zero-order valence-corrected chi connectivity index (χ0v) is 13.3. The number of nitriles is 1. The summed E-state index contributed by atoms with van der Waals surface area (Å²) in [6, 6.07) is 14.3. The second kappa shape index (κ2) is 7.32. The van der Waals surface area contributed by atoms with Crippen molar-refractivity contribution >= 4 is 11.6 Å². The number of nitrogens with zero attached hydrogens (tertiary/aromatic N) is 1. The summed E-state index contributed by atoms with van der Waals surface area (Å²) in [5.74, 6) is 0.567. The van der Waals surface area contributed by atoms with Gasteiger partial charge < -0.3 is 14.8 Å². The second-order valence-corrected chi connectivity index (χ2v) is 5.09. The molecule has 0 fully saturated rings. The number of aryl methyl sites for hydroxylation is 1. The first kappa shape index (κ1) is 16.4. The zero-order chi connectivity index (χ0) is 16.8. The van der Waals surface area contributed by atoms with E-state index in [1.54, 1.807) is 25.1 Å². The van der Waals surface area contributed by atoms with Crippen molar-refractivity contribution < 1.29 is 14.3 Å². The predicted molar refractivity (Wildman–Crippen MR) is 87.6 cm³/mol. The maximum atomic E-state index is 12.2. The van der Waals surface area contributed by atoms with E-state index >= 15 is 0 Å². The Kier molecular flexibility index (Phi) is 5.21. The topological polar surface area (TPSA) is 71.3 Å². The number of anilines is 1. The van der Waals surface area contributed by atoms with E-state index in [0.717, 1.165) is 5.56 Å². The number of ether oxygens (including phenoxy) is 2. The van der Waals surface area contributed by atoms with Crippen molar-refractivity contribution in [1.82, 2.24) is 0 Å². The van der Waals surface area contributed by atoms with Crippen LogP contribution in [0.25, 0.3) is 0 Å². The van der Waals surface area contributed by atoms with Crippen LogP contribution in [0, 0.1) is 18.3 Å². The first-order chi connectivity index (χ1) is 11.0. The Morgan fingerprint density at radius 1 is 1.17 bits per heavy atom. The number of nitrogens with one attached hydrogen (secondary N) is 1. The summed E-state index contributed by atoms with van der Waals surface area (Å²) in [5, 5.41) is 11.7. The van der Waals surface area contributed by atoms with E-state index < -0.39 is 6.10 Å². The molecule has 0 heterocycles. The van der Waals surface area contributed by atoms with E-state index in [9.17, 15) is 4.79 Å². The molecule has 118 valence electrons. The third kappa shape index (κ3) is 4.24. The molecule has 0 saturated carbocycles. The summed E-state index contributed by atoms with van der Waals surface area (Å²) in [4.78, 5) is 12.2. The molecular formula is C18H18N2O3. The van der Waals surface area contributed by atoms with Crippen LogP contribution >= 0.6 is 0 Å². The first-order valence-corrected chi connectivity index (χ1v) is 7.16. The van der Waals surface area contributed by atoms with Gasteiger partial charge in [-0.25, -0.2) is 0 Å². The van der Waals surface area contributed by atoms with Gasteiger partial charge in [0.25, 0.3) is 5.91 Å². The van der Waals surface area contributed by atoms with Crippen LogP contribution < -0.4 is 14.8 Å². The minimum absolute atomic E-state index is 0.264. The van der Waals surface area contributed by atoms with Gasteiger partial charge in [0.05, 0.1) is 18.7 Å². The number of rotatable bonds is 5. The van der Waals surface area contributed by atoms with Crippen molar-refractivity contribution in [3.8, 4) is 17.6 Å². The molecule has 1 atom stereocenters. The Morgan fingerprint density at radius 3 is 2.48 bits per heavy atom. The molecule has 2 aromatic carbocycles. The molecule has 0 aliphatic heterocycles. The minimum Gasteiger partial charge on any atom is -0.493 e. The number of carbonyl (C=O) groups is 1. The highest BCUT2D eigenvalue weighted by Gasteiger charge is 2.17.